The van der Waals surface area contributed by atoms with Gasteiger partial charge in [0.25, 0.3) is 5.88 Å². The molecule has 5 heteroatoms. The largest absolute Gasteiger partial charge is 0.481 e. The van der Waals surface area contributed by atoms with E-state index >= 15 is 0 Å². The maximum absolute atomic E-state index is 10.9. The zero-order chi connectivity index (χ0) is 11.2. The van der Waals surface area contributed by atoms with Crippen molar-refractivity contribution in [3.8, 4) is 5.88 Å². The molecule has 1 aromatic heterocycles. The molecule has 1 saturated carbocycles. The second kappa shape index (κ2) is 2.98. The van der Waals surface area contributed by atoms with Gasteiger partial charge in [0.15, 0.2) is 0 Å². The third-order valence-corrected chi connectivity index (χ3v) is 3.12. The molecule has 2 atom stereocenters. The van der Waals surface area contributed by atoms with Crippen LogP contribution in [-0.2, 0) is 4.79 Å². The Morgan fingerprint density at radius 3 is 2.73 bits per heavy atom. The summed E-state index contributed by atoms with van der Waals surface area (Å²) < 4.78 is 9.94. The molecule has 0 aromatic carbocycles. The number of hydrogen-bond donors (Lipinski definition) is 1. The summed E-state index contributed by atoms with van der Waals surface area (Å²) >= 11 is 0. The monoisotopic (exact) mass is 211 g/mol. The van der Waals surface area contributed by atoms with Crippen LogP contribution in [0.1, 0.15) is 25.5 Å². The van der Waals surface area contributed by atoms with Crippen LogP contribution in [0, 0.1) is 11.3 Å². The minimum absolute atomic E-state index is 0.105. The van der Waals surface area contributed by atoms with Crippen molar-refractivity contribution in [2.45, 2.75) is 19.8 Å². The topological polar surface area (TPSA) is 72.6 Å². The van der Waals surface area contributed by atoms with Gasteiger partial charge in [0.2, 0.25) is 0 Å². The van der Waals surface area contributed by atoms with Crippen LogP contribution in [0.3, 0.4) is 0 Å². The molecule has 1 aliphatic rings. The lowest BCUT2D eigenvalue weighted by Gasteiger charge is -1.96. The lowest BCUT2D eigenvalue weighted by Crippen LogP contribution is -2.02. The number of carboxylic acids is 1. The Bertz CT molecular complexity index is 396. The fraction of sp³-hybridized carbons (Fsp3) is 0.600. The van der Waals surface area contributed by atoms with E-state index in [-0.39, 0.29) is 11.3 Å². The molecule has 0 saturated heterocycles. The minimum Gasteiger partial charge on any atom is -0.481 e. The van der Waals surface area contributed by atoms with Crippen molar-refractivity contribution in [1.82, 2.24) is 5.16 Å². The van der Waals surface area contributed by atoms with Crippen LogP contribution in [0.2, 0.25) is 0 Å². The van der Waals surface area contributed by atoms with E-state index in [4.69, 9.17) is 14.4 Å². The highest BCUT2D eigenvalue weighted by atomic mass is 16.5. The molecular formula is C10H13NO4. The van der Waals surface area contributed by atoms with E-state index in [1.54, 1.807) is 6.07 Å². The van der Waals surface area contributed by atoms with Crippen molar-refractivity contribution >= 4 is 5.97 Å². The van der Waals surface area contributed by atoms with Gasteiger partial charge in [-0.3, -0.25) is 4.79 Å². The molecule has 0 aliphatic heterocycles. The van der Waals surface area contributed by atoms with Crippen LogP contribution < -0.4 is 4.74 Å². The van der Waals surface area contributed by atoms with Crippen LogP contribution in [-0.4, -0.2) is 23.3 Å². The van der Waals surface area contributed by atoms with Gasteiger partial charge in [-0.15, -0.1) is 0 Å². The lowest BCUT2D eigenvalue weighted by molar-refractivity contribution is -0.139. The van der Waals surface area contributed by atoms with Crippen molar-refractivity contribution in [2.75, 3.05) is 7.11 Å². The van der Waals surface area contributed by atoms with Gasteiger partial charge in [0.05, 0.1) is 13.0 Å². The smallest absolute Gasteiger partial charge is 0.307 e. The molecule has 1 aromatic rings. The van der Waals surface area contributed by atoms with Crippen LogP contribution in [0.25, 0.3) is 0 Å². The van der Waals surface area contributed by atoms with Gasteiger partial charge < -0.3 is 14.4 Å². The van der Waals surface area contributed by atoms with E-state index in [0.29, 0.717) is 11.6 Å². The van der Waals surface area contributed by atoms with Gasteiger partial charge >= 0.3 is 5.97 Å². The SMILES string of the molecule is COc1cc([C@H]2[C@H](C(=O)O)C2(C)C)on1. The van der Waals surface area contributed by atoms with Crippen LogP contribution in [0.4, 0.5) is 0 Å². The predicted molar refractivity (Wildman–Crippen MR) is 50.7 cm³/mol. The summed E-state index contributed by atoms with van der Waals surface area (Å²) in [6, 6.07) is 1.65. The summed E-state index contributed by atoms with van der Waals surface area (Å²) in [6.07, 6.45) is 0. The summed E-state index contributed by atoms with van der Waals surface area (Å²) in [5.41, 5.74) is -0.267. The number of rotatable bonds is 3. The molecule has 0 spiro atoms. The summed E-state index contributed by atoms with van der Waals surface area (Å²) in [7, 11) is 1.49. The molecule has 82 valence electrons. The van der Waals surface area contributed by atoms with Crippen LogP contribution in [0.5, 0.6) is 5.88 Å². The highest BCUT2D eigenvalue weighted by Gasteiger charge is 2.64. The standard InChI is InChI=1S/C10H13NO4/c1-10(2)7(8(10)9(12)13)5-4-6(14-3)11-15-5/h4,7-8H,1-3H3,(H,12,13)/t7-,8+/m0/s1. The van der Waals surface area contributed by atoms with Crippen LogP contribution >= 0.6 is 0 Å². The Morgan fingerprint density at radius 2 is 2.33 bits per heavy atom. The highest BCUT2D eigenvalue weighted by Crippen LogP contribution is 2.64. The first kappa shape index (κ1) is 10.0. The van der Waals surface area contributed by atoms with Gasteiger partial charge in [-0.2, -0.15) is 0 Å². The van der Waals surface area contributed by atoms with Gasteiger partial charge in [-0.25, -0.2) is 0 Å². The molecule has 1 fully saturated rings. The quantitative estimate of drug-likeness (QED) is 0.820. The van der Waals surface area contributed by atoms with Crippen molar-refractivity contribution in [3.63, 3.8) is 0 Å². The Labute approximate surface area is 87.0 Å². The summed E-state index contributed by atoms with van der Waals surface area (Å²) in [5.74, 6) is -0.317. The molecule has 0 bridgehead atoms. The molecule has 1 N–H and O–H groups in total. The van der Waals surface area contributed by atoms with E-state index < -0.39 is 11.9 Å². The number of aliphatic carboxylic acids is 1. The first-order valence-electron chi connectivity index (χ1n) is 4.72. The van der Waals surface area contributed by atoms with Gasteiger partial charge in [0.1, 0.15) is 5.76 Å². The van der Waals surface area contributed by atoms with Crippen molar-refractivity contribution in [2.24, 2.45) is 11.3 Å². The summed E-state index contributed by atoms with van der Waals surface area (Å²) in [4.78, 5) is 10.9. The molecule has 0 unspecified atom stereocenters. The molecular weight excluding hydrogens is 198 g/mol. The lowest BCUT2D eigenvalue weighted by atomic mass is 10.1. The average Bonchev–Trinajstić information content (AvgIpc) is 2.59. The Morgan fingerprint density at radius 1 is 1.67 bits per heavy atom. The molecule has 15 heavy (non-hydrogen) atoms. The number of carboxylic acid groups (broad SMARTS) is 1. The van der Waals surface area contributed by atoms with Gasteiger partial charge in [-0.1, -0.05) is 13.8 Å². The molecule has 5 nitrogen and oxygen atoms in total. The summed E-state index contributed by atoms with van der Waals surface area (Å²) in [6.45, 7) is 3.82. The van der Waals surface area contributed by atoms with E-state index in [9.17, 15) is 4.79 Å². The Kier molecular flexibility index (Phi) is 1.99. The van der Waals surface area contributed by atoms with Crippen molar-refractivity contribution in [1.29, 1.82) is 0 Å². The average molecular weight is 211 g/mol. The number of aromatic nitrogens is 1. The number of nitrogens with zero attached hydrogens (tertiary/aromatic N) is 1. The first-order valence-corrected chi connectivity index (χ1v) is 4.72. The normalized spacial score (nSPS) is 27.4. The number of carbonyl (C=O) groups is 1. The highest BCUT2D eigenvalue weighted by molar-refractivity contribution is 5.77. The van der Waals surface area contributed by atoms with E-state index in [1.165, 1.54) is 7.11 Å². The summed E-state index contributed by atoms with van der Waals surface area (Å²) in [5, 5.41) is 12.7. The Hall–Kier alpha value is -1.52. The van der Waals surface area contributed by atoms with Crippen LogP contribution in [0.15, 0.2) is 10.6 Å². The third-order valence-electron chi connectivity index (χ3n) is 3.12. The fourth-order valence-corrected chi connectivity index (χ4v) is 2.14. The zero-order valence-electron chi connectivity index (χ0n) is 8.85. The fourth-order valence-electron chi connectivity index (χ4n) is 2.14. The number of methoxy groups -OCH3 is 1. The minimum atomic E-state index is -0.791. The number of hydrogen-bond acceptors (Lipinski definition) is 4. The molecule has 0 amide bonds. The first-order chi connectivity index (χ1) is 6.98. The molecule has 2 rings (SSSR count). The van der Waals surface area contributed by atoms with E-state index in [2.05, 4.69) is 5.16 Å². The molecule has 1 heterocycles. The van der Waals surface area contributed by atoms with E-state index in [0.717, 1.165) is 0 Å². The zero-order valence-corrected chi connectivity index (χ0v) is 8.85. The van der Waals surface area contributed by atoms with E-state index in [1.807, 2.05) is 13.8 Å². The number of ether oxygens (including phenoxy) is 1. The van der Waals surface area contributed by atoms with Crippen molar-refractivity contribution < 1.29 is 19.2 Å². The molecule has 1 aliphatic carbocycles. The second-order valence-electron chi connectivity index (χ2n) is 4.39. The van der Waals surface area contributed by atoms with Crippen molar-refractivity contribution in [3.05, 3.63) is 11.8 Å². The Balaban J connectivity index is 2.23. The molecule has 0 radical (unpaired) electrons. The second-order valence-corrected chi connectivity index (χ2v) is 4.39. The van der Waals surface area contributed by atoms with Gasteiger partial charge in [0, 0.05) is 12.0 Å². The predicted octanol–water partition coefficient (Wildman–Crippen LogP) is 1.51. The van der Waals surface area contributed by atoms with Gasteiger partial charge in [-0.05, 0) is 10.6 Å². The third kappa shape index (κ3) is 1.38. The maximum atomic E-state index is 10.9. The maximum Gasteiger partial charge on any atom is 0.307 e.